The van der Waals surface area contributed by atoms with E-state index < -0.39 is 0 Å². The first kappa shape index (κ1) is 11.9. The van der Waals surface area contributed by atoms with E-state index in [1.165, 1.54) is 11.1 Å². The molecule has 96 valence electrons. The number of rotatable bonds is 4. The predicted octanol–water partition coefficient (Wildman–Crippen LogP) is 3.47. The Kier molecular flexibility index (Phi) is 2.80. The number of benzene rings is 1. The molecule has 2 unspecified atom stereocenters. The molecule has 2 nitrogen and oxygen atoms in total. The maximum Gasteiger partial charge on any atom is 0.0899 e. The van der Waals surface area contributed by atoms with E-state index in [1.807, 2.05) is 18.2 Å². The molecular formula is C16H20O2. The molecular weight excluding hydrogens is 224 g/mol. The van der Waals surface area contributed by atoms with Gasteiger partial charge in [0.2, 0.25) is 0 Å². The molecule has 0 amide bonds. The van der Waals surface area contributed by atoms with Crippen LogP contribution in [0.25, 0.3) is 0 Å². The van der Waals surface area contributed by atoms with Gasteiger partial charge < -0.3 is 9.47 Å². The third-order valence-corrected chi connectivity index (χ3v) is 4.08. The number of ether oxygens (including phenoxy) is 2. The first-order valence-electron chi connectivity index (χ1n) is 6.64. The summed E-state index contributed by atoms with van der Waals surface area (Å²) in [5.74, 6) is 0. The molecule has 0 aromatic heterocycles. The minimum absolute atomic E-state index is 0.0415. The van der Waals surface area contributed by atoms with E-state index in [0.29, 0.717) is 13.2 Å². The third-order valence-electron chi connectivity index (χ3n) is 4.08. The van der Waals surface area contributed by atoms with Gasteiger partial charge in [-0.2, -0.15) is 0 Å². The summed E-state index contributed by atoms with van der Waals surface area (Å²) in [4.78, 5) is 0. The van der Waals surface area contributed by atoms with Crippen LogP contribution >= 0.6 is 0 Å². The van der Waals surface area contributed by atoms with Crippen LogP contribution in [0.2, 0.25) is 0 Å². The lowest BCUT2D eigenvalue weighted by Gasteiger charge is -2.23. The van der Waals surface area contributed by atoms with Gasteiger partial charge in [0.25, 0.3) is 0 Å². The monoisotopic (exact) mass is 244 g/mol. The van der Waals surface area contributed by atoms with Crippen molar-refractivity contribution in [3.8, 4) is 0 Å². The predicted molar refractivity (Wildman–Crippen MR) is 71.3 cm³/mol. The van der Waals surface area contributed by atoms with Gasteiger partial charge in [0.05, 0.1) is 24.4 Å². The van der Waals surface area contributed by atoms with Crippen molar-refractivity contribution in [2.24, 2.45) is 0 Å². The molecule has 0 radical (unpaired) electrons. The average Bonchev–Trinajstić information content (AvgIpc) is 2.79. The SMILES string of the molecule is CC12C=C(COCc3ccccc3)C(C)(CC1)O2. The molecule has 1 aromatic carbocycles. The summed E-state index contributed by atoms with van der Waals surface area (Å²) < 4.78 is 11.9. The molecule has 3 rings (SSSR count). The van der Waals surface area contributed by atoms with Crippen LogP contribution in [0, 0.1) is 0 Å². The fourth-order valence-corrected chi connectivity index (χ4v) is 3.00. The highest BCUT2D eigenvalue weighted by molar-refractivity contribution is 5.31. The Balaban J connectivity index is 1.59. The van der Waals surface area contributed by atoms with E-state index in [4.69, 9.17) is 9.47 Å². The maximum absolute atomic E-state index is 6.09. The van der Waals surface area contributed by atoms with Crippen molar-refractivity contribution in [1.29, 1.82) is 0 Å². The Morgan fingerprint density at radius 3 is 2.50 bits per heavy atom. The molecule has 0 saturated carbocycles. The topological polar surface area (TPSA) is 18.5 Å². The summed E-state index contributed by atoms with van der Waals surface area (Å²) in [7, 11) is 0. The van der Waals surface area contributed by atoms with Crippen molar-refractivity contribution < 1.29 is 9.47 Å². The van der Waals surface area contributed by atoms with Crippen molar-refractivity contribution in [3.05, 3.63) is 47.5 Å². The standard InChI is InChI=1S/C16H20O2/c1-15-8-9-16(2,18-15)14(10-15)12-17-11-13-6-4-3-5-7-13/h3-7,10H,8-9,11-12H2,1-2H3. The molecule has 1 fully saturated rings. The zero-order valence-electron chi connectivity index (χ0n) is 11.1. The van der Waals surface area contributed by atoms with Gasteiger partial charge in [-0.05, 0) is 43.9 Å². The summed E-state index contributed by atoms with van der Waals surface area (Å²) in [5, 5.41) is 0. The Labute approximate surface area is 109 Å². The van der Waals surface area contributed by atoms with Gasteiger partial charge >= 0.3 is 0 Å². The molecule has 2 aliphatic heterocycles. The average molecular weight is 244 g/mol. The quantitative estimate of drug-likeness (QED) is 0.755. The van der Waals surface area contributed by atoms with Gasteiger partial charge in [-0.25, -0.2) is 0 Å². The molecule has 1 saturated heterocycles. The van der Waals surface area contributed by atoms with Gasteiger partial charge in [0.15, 0.2) is 0 Å². The molecule has 2 atom stereocenters. The molecule has 0 spiro atoms. The van der Waals surface area contributed by atoms with Crippen LogP contribution in [-0.2, 0) is 16.1 Å². The minimum atomic E-state index is -0.0779. The van der Waals surface area contributed by atoms with Crippen molar-refractivity contribution in [3.63, 3.8) is 0 Å². The Morgan fingerprint density at radius 2 is 1.89 bits per heavy atom. The molecule has 2 heteroatoms. The highest BCUT2D eigenvalue weighted by atomic mass is 16.5. The van der Waals surface area contributed by atoms with E-state index in [-0.39, 0.29) is 11.2 Å². The van der Waals surface area contributed by atoms with Crippen molar-refractivity contribution in [1.82, 2.24) is 0 Å². The fourth-order valence-electron chi connectivity index (χ4n) is 3.00. The van der Waals surface area contributed by atoms with Gasteiger partial charge in [0, 0.05) is 0 Å². The fraction of sp³-hybridized carbons (Fsp3) is 0.500. The van der Waals surface area contributed by atoms with E-state index in [9.17, 15) is 0 Å². The maximum atomic E-state index is 6.09. The lowest BCUT2D eigenvalue weighted by molar-refractivity contribution is -0.0208. The van der Waals surface area contributed by atoms with Gasteiger partial charge in [0.1, 0.15) is 0 Å². The number of hydrogen-bond acceptors (Lipinski definition) is 2. The normalized spacial score (nSPS) is 33.8. The lowest BCUT2D eigenvalue weighted by Crippen LogP contribution is -2.26. The Bertz CT molecular complexity index is 465. The summed E-state index contributed by atoms with van der Waals surface area (Å²) in [6.45, 7) is 5.71. The summed E-state index contributed by atoms with van der Waals surface area (Å²) >= 11 is 0. The van der Waals surface area contributed by atoms with Crippen LogP contribution in [-0.4, -0.2) is 17.8 Å². The molecule has 2 aliphatic rings. The second-order valence-electron chi connectivity index (χ2n) is 5.79. The van der Waals surface area contributed by atoms with Crippen LogP contribution in [0.1, 0.15) is 32.3 Å². The minimum Gasteiger partial charge on any atom is -0.372 e. The molecule has 0 aliphatic carbocycles. The first-order valence-corrected chi connectivity index (χ1v) is 6.64. The van der Waals surface area contributed by atoms with E-state index in [2.05, 4.69) is 32.1 Å². The lowest BCUT2D eigenvalue weighted by atomic mass is 9.84. The smallest absolute Gasteiger partial charge is 0.0899 e. The largest absolute Gasteiger partial charge is 0.372 e. The van der Waals surface area contributed by atoms with Crippen LogP contribution in [0.5, 0.6) is 0 Å². The molecule has 1 aromatic rings. The van der Waals surface area contributed by atoms with Crippen molar-refractivity contribution in [2.45, 2.75) is 44.5 Å². The van der Waals surface area contributed by atoms with Gasteiger partial charge in [-0.15, -0.1) is 0 Å². The summed E-state index contributed by atoms with van der Waals surface area (Å²) in [6, 6.07) is 10.3. The van der Waals surface area contributed by atoms with E-state index in [1.54, 1.807) is 0 Å². The second-order valence-corrected chi connectivity index (χ2v) is 5.79. The number of fused-ring (bicyclic) bond motifs is 2. The van der Waals surface area contributed by atoms with Gasteiger partial charge in [-0.3, -0.25) is 0 Å². The first-order chi connectivity index (χ1) is 8.60. The van der Waals surface area contributed by atoms with E-state index >= 15 is 0 Å². The third kappa shape index (κ3) is 2.11. The van der Waals surface area contributed by atoms with Crippen LogP contribution < -0.4 is 0 Å². The zero-order valence-corrected chi connectivity index (χ0v) is 11.1. The van der Waals surface area contributed by atoms with Gasteiger partial charge in [-0.1, -0.05) is 30.3 Å². The highest BCUT2D eigenvalue weighted by Crippen LogP contribution is 2.49. The molecule has 2 heterocycles. The van der Waals surface area contributed by atoms with Crippen LogP contribution in [0.15, 0.2) is 42.0 Å². The van der Waals surface area contributed by atoms with E-state index in [0.717, 1.165) is 12.8 Å². The Morgan fingerprint density at radius 1 is 1.11 bits per heavy atom. The summed E-state index contributed by atoms with van der Waals surface area (Å²) in [5.41, 5.74) is 2.41. The van der Waals surface area contributed by atoms with Crippen molar-refractivity contribution >= 4 is 0 Å². The van der Waals surface area contributed by atoms with Crippen molar-refractivity contribution in [2.75, 3.05) is 6.61 Å². The number of hydrogen-bond donors (Lipinski definition) is 0. The molecule has 0 N–H and O–H groups in total. The second kappa shape index (κ2) is 4.22. The Hall–Kier alpha value is -1.12. The highest BCUT2D eigenvalue weighted by Gasteiger charge is 2.50. The summed E-state index contributed by atoms with van der Waals surface area (Å²) in [6.07, 6.45) is 4.51. The molecule has 18 heavy (non-hydrogen) atoms. The molecule has 2 bridgehead atoms. The van der Waals surface area contributed by atoms with Crippen LogP contribution in [0.3, 0.4) is 0 Å². The zero-order chi connectivity index (χ0) is 12.6. The van der Waals surface area contributed by atoms with Crippen LogP contribution in [0.4, 0.5) is 0 Å².